The fourth-order valence-electron chi connectivity index (χ4n) is 3.64. The third-order valence-corrected chi connectivity index (χ3v) is 5.63. The highest BCUT2D eigenvalue weighted by Gasteiger charge is 2.60. The van der Waals surface area contributed by atoms with Crippen molar-refractivity contribution in [2.24, 2.45) is 0 Å². The van der Waals surface area contributed by atoms with Gasteiger partial charge in [0.05, 0.1) is 17.4 Å². The second-order valence-electron chi connectivity index (χ2n) is 7.04. The molecule has 0 bridgehead atoms. The first-order chi connectivity index (χ1) is 13.7. The van der Waals surface area contributed by atoms with Crippen molar-refractivity contribution < 1.29 is 18.0 Å². The minimum absolute atomic E-state index is 0.0469. The highest BCUT2D eigenvalue weighted by molar-refractivity contribution is 7.81. The molecule has 0 N–H and O–H groups in total. The molecule has 0 unspecified atom stereocenters. The van der Waals surface area contributed by atoms with E-state index in [1.54, 1.807) is 17.2 Å². The molecule has 2 aromatic rings. The number of halogens is 3. The Balaban J connectivity index is 1.82. The third kappa shape index (κ3) is 2.84. The predicted molar refractivity (Wildman–Crippen MR) is 102 cm³/mol. The molecule has 4 rings (SSSR count). The standard InChI is InChI=1S/C19H14F3N5OS/c1-11-3-4-15(25-9-11)27-17(29)26(16(28)18(27)5-2-6-18)12-7-13(19(20,21)22)14(8-23)24-10-12/h3-4,7,9-10H,2,5-6H2,1H3. The summed E-state index contributed by atoms with van der Waals surface area (Å²) in [5, 5.41) is 9.00. The highest BCUT2D eigenvalue weighted by atomic mass is 32.1. The van der Waals surface area contributed by atoms with Gasteiger partial charge in [-0.05, 0) is 56.1 Å². The summed E-state index contributed by atoms with van der Waals surface area (Å²) in [6.07, 6.45) is -0.241. The summed E-state index contributed by atoms with van der Waals surface area (Å²) in [5.74, 6) is 0.0598. The minimum Gasteiger partial charge on any atom is -0.287 e. The average Bonchev–Trinajstić information content (AvgIpc) is 2.88. The number of carbonyl (C=O) groups is 1. The van der Waals surface area contributed by atoms with E-state index in [0.717, 1.165) is 29.1 Å². The predicted octanol–water partition coefficient (Wildman–Crippen LogP) is 3.74. The lowest BCUT2D eigenvalue weighted by Crippen LogP contribution is -2.55. The molecule has 2 fully saturated rings. The van der Waals surface area contributed by atoms with Gasteiger partial charge >= 0.3 is 6.18 Å². The molecule has 0 atom stereocenters. The lowest BCUT2D eigenvalue weighted by molar-refractivity contribution is -0.138. The monoisotopic (exact) mass is 417 g/mol. The van der Waals surface area contributed by atoms with Crippen LogP contribution in [0.15, 0.2) is 30.6 Å². The lowest BCUT2D eigenvalue weighted by Gasteiger charge is -2.42. The van der Waals surface area contributed by atoms with E-state index in [2.05, 4.69) is 9.97 Å². The first kappa shape index (κ1) is 19.3. The first-order valence-corrected chi connectivity index (χ1v) is 9.18. The van der Waals surface area contributed by atoms with E-state index in [0.29, 0.717) is 18.7 Å². The number of aryl methyl sites for hydroxylation is 1. The molecule has 2 aromatic heterocycles. The van der Waals surface area contributed by atoms with Crippen LogP contribution in [0.2, 0.25) is 0 Å². The van der Waals surface area contributed by atoms with Gasteiger partial charge < -0.3 is 0 Å². The molecule has 1 aliphatic carbocycles. The topological polar surface area (TPSA) is 73.1 Å². The van der Waals surface area contributed by atoms with Gasteiger partial charge in [-0.1, -0.05) is 6.07 Å². The largest absolute Gasteiger partial charge is 0.419 e. The maximum Gasteiger partial charge on any atom is 0.419 e. The summed E-state index contributed by atoms with van der Waals surface area (Å²) in [5.41, 5.74) is -2.11. The summed E-state index contributed by atoms with van der Waals surface area (Å²) in [6.45, 7) is 1.87. The molecule has 10 heteroatoms. The smallest absolute Gasteiger partial charge is 0.287 e. The van der Waals surface area contributed by atoms with Crippen LogP contribution in [0.1, 0.15) is 36.1 Å². The second kappa shape index (κ2) is 6.49. The molecule has 3 heterocycles. The number of carbonyl (C=O) groups excluding carboxylic acids is 1. The quantitative estimate of drug-likeness (QED) is 0.694. The Morgan fingerprint density at radius 3 is 2.48 bits per heavy atom. The molecule has 1 amide bonds. The summed E-state index contributed by atoms with van der Waals surface area (Å²) >= 11 is 5.50. The van der Waals surface area contributed by atoms with Crippen molar-refractivity contribution in [1.82, 2.24) is 9.97 Å². The molecule has 1 aliphatic heterocycles. The van der Waals surface area contributed by atoms with Crippen LogP contribution in [-0.2, 0) is 11.0 Å². The second-order valence-corrected chi connectivity index (χ2v) is 7.40. The van der Waals surface area contributed by atoms with Gasteiger partial charge in [-0.2, -0.15) is 18.4 Å². The van der Waals surface area contributed by atoms with Crippen LogP contribution in [0.4, 0.5) is 24.7 Å². The molecule has 1 spiro atoms. The zero-order valence-electron chi connectivity index (χ0n) is 15.2. The van der Waals surface area contributed by atoms with Crippen molar-refractivity contribution in [2.75, 3.05) is 9.80 Å². The van der Waals surface area contributed by atoms with Gasteiger partial charge in [0.1, 0.15) is 17.4 Å². The van der Waals surface area contributed by atoms with Crippen LogP contribution in [0, 0.1) is 18.3 Å². The molecule has 6 nitrogen and oxygen atoms in total. The van der Waals surface area contributed by atoms with Gasteiger partial charge in [-0.25, -0.2) is 9.97 Å². The fourth-order valence-corrected chi connectivity index (χ4v) is 4.10. The van der Waals surface area contributed by atoms with Gasteiger partial charge in [0, 0.05) is 6.20 Å². The van der Waals surface area contributed by atoms with E-state index in [1.165, 1.54) is 6.07 Å². The molecule has 29 heavy (non-hydrogen) atoms. The van der Waals surface area contributed by atoms with Crippen LogP contribution < -0.4 is 9.80 Å². The lowest BCUT2D eigenvalue weighted by atomic mass is 9.75. The number of hydrogen-bond donors (Lipinski definition) is 0. The van der Waals surface area contributed by atoms with Crippen LogP contribution in [0.3, 0.4) is 0 Å². The number of nitrogens with zero attached hydrogens (tertiary/aromatic N) is 5. The molecular weight excluding hydrogens is 403 g/mol. The molecular formula is C19H14F3N5OS. The molecule has 0 aromatic carbocycles. The Hall–Kier alpha value is -3.06. The van der Waals surface area contributed by atoms with Crippen molar-refractivity contribution in [3.05, 3.63) is 47.4 Å². The van der Waals surface area contributed by atoms with E-state index in [1.807, 2.05) is 13.0 Å². The van der Waals surface area contributed by atoms with Crippen molar-refractivity contribution >= 4 is 34.7 Å². The van der Waals surface area contributed by atoms with Gasteiger partial charge in [0.2, 0.25) is 0 Å². The number of thiocarbonyl (C=S) groups is 1. The molecule has 148 valence electrons. The number of amides is 1. The third-order valence-electron chi connectivity index (χ3n) is 5.26. The van der Waals surface area contributed by atoms with Crippen LogP contribution >= 0.6 is 12.2 Å². The number of nitriles is 1. The zero-order chi connectivity index (χ0) is 21.0. The Kier molecular flexibility index (Phi) is 4.31. The number of hydrogen-bond acceptors (Lipinski definition) is 5. The van der Waals surface area contributed by atoms with Crippen molar-refractivity contribution in [2.45, 2.75) is 37.9 Å². The number of aromatic nitrogens is 2. The van der Waals surface area contributed by atoms with Gasteiger partial charge in [0.25, 0.3) is 5.91 Å². The number of rotatable bonds is 2. The van der Waals surface area contributed by atoms with Gasteiger partial charge in [-0.3, -0.25) is 14.6 Å². The summed E-state index contributed by atoms with van der Waals surface area (Å²) in [4.78, 5) is 23.9. The number of anilines is 2. The number of alkyl halides is 3. The van der Waals surface area contributed by atoms with Crippen molar-refractivity contribution in [3.8, 4) is 6.07 Å². The van der Waals surface area contributed by atoms with E-state index in [4.69, 9.17) is 17.5 Å². The maximum absolute atomic E-state index is 13.4. The minimum atomic E-state index is -4.79. The molecule has 1 saturated carbocycles. The SMILES string of the molecule is Cc1ccc(N2C(=S)N(c3cnc(C#N)c(C(F)(F)F)c3)C(=O)C23CCC3)nc1. The maximum atomic E-state index is 13.4. The fraction of sp³-hybridized carbons (Fsp3) is 0.316. The highest BCUT2D eigenvalue weighted by Crippen LogP contribution is 2.47. The molecule has 1 saturated heterocycles. The van der Waals surface area contributed by atoms with Crippen LogP contribution in [-0.4, -0.2) is 26.5 Å². The molecule has 2 aliphatic rings. The number of pyridine rings is 2. The van der Waals surface area contributed by atoms with E-state index >= 15 is 0 Å². The van der Waals surface area contributed by atoms with E-state index in [9.17, 15) is 18.0 Å². The zero-order valence-corrected chi connectivity index (χ0v) is 16.0. The van der Waals surface area contributed by atoms with Crippen molar-refractivity contribution in [3.63, 3.8) is 0 Å². The summed E-state index contributed by atoms with van der Waals surface area (Å²) in [7, 11) is 0. The normalized spacial score (nSPS) is 18.2. The summed E-state index contributed by atoms with van der Waals surface area (Å²) < 4.78 is 40.1. The Labute approximate surface area is 169 Å². The first-order valence-electron chi connectivity index (χ1n) is 8.78. The Morgan fingerprint density at radius 1 is 1.24 bits per heavy atom. The average molecular weight is 417 g/mol. The van der Waals surface area contributed by atoms with Crippen molar-refractivity contribution in [1.29, 1.82) is 5.26 Å². The Bertz CT molecular complexity index is 1060. The van der Waals surface area contributed by atoms with Gasteiger partial charge in [0.15, 0.2) is 10.8 Å². The van der Waals surface area contributed by atoms with Crippen LogP contribution in [0.5, 0.6) is 0 Å². The van der Waals surface area contributed by atoms with Gasteiger partial charge in [-0.15, -0.1) is 0 Å². The Morgan fingerprint density at radius 2 is 1.97 bits per heavy atom. The molecule has 0 radical (unpaired) electrons. The van der Waals surface area contributed by atoms with E-state index in [-0.39, 0.29) is 10.8 Å². The van der Waals surface area contributed by atoms with Crippen LogP contribution in [0.25, 0.3) is 0 Å². The summed E-state index contributed by atoms with van der Waals surface area (Å²) in [6, 6.07) is 5.74. The van der Waals surface area contributed by atoms with E-state index < -0.39 is 28.9 Å².